The van der Waals surface area contributed by atoms with Crippen molar-refractivity contribution in [1.29, 1.82) is 0 Å². The Kier molecular flexibility index (Phi) is 12.0. The van der Waals surface area contributed by atoms with E-state index in [0.29, 0.717) is 16.3 Å². The summed E-state index contributed by atoms with van der Waals surface area (Å²) in [5.41, 5.74) is 0.758. The van der Waals surface area contributed by atoms with E-state index in [1.807, 2.05) is 0 Å². The number of ether oxygens (including phenoxy) is 3. The molecule has 2 amide bonds. The highest BCUT2D eigenvalue weighted by Crippen LogP contribution is 2.37. The van der Waals surface area contributed by atoms with Crippen molar-refractivity contribution in [2.45, 2.75) is 62.6 Å². The Morgan fingerprint density at radius 2 is 1.46 bits per heavy atom. The molecule has 0 aromatic heterocycles. The van der Waals surface area contributed by atoms with Crippen molar-refractivity contribution in [3.63, 3.8) is 0 Å². The van der Waals surface area contributed by atoms with E-state index < -0.39 is 28.5 Å². The highest BCUT2D eigenvalue weighted by atomic mass is 35.5. The average molecular weight is 693 g/mol. The fourth-order valence-corrected chi connectivity index (χ4v) is 7.14. The molecule has 3 aromatic rings. The summed E-state index contributed by atoms with van der Waals surface area (Å²) in [5, 5.41) is 3.84. The van der Waals surface area contributed by atoms with Gasteiger partial charge in [0.15, 0.2) is 11.5 Å². The van der Waals surface area contributed by atoms with Crippen LogP contribution >= 0.6 is 23.2 Å². The second kappa shape index (κ2) is 15.8. The van der Waals surface area contributed by atoms with Gasteiger partial charge in [-0.05, 0) is 67.8 Å². The van der Waals surface area contributed by atoms with Crippen molar-refractivity contribution >= 4 is 50.7 Å². The summed E-state index contributed by atoms with van der Waals surface area (Å²) in [6.45, 7) is 1.01. The van der Waals surface area contributed by atoms with Crippen LogP contribution in [0.2, 0.25) is 10.0 Å². The molecule has 1 atom stereocenters. The van der Waals surface area contributed by atoms with Gasteiger partial charge in [0, 0.05) is 28.7 Å². The molecule has 1 N–H and O–H groups in total. The van der Waals surface area contributed by atoms with E-state index >= 15 is 0 Å². The fourth-order valence-electron chi connectivity index (χ4n) is 5.41. The predicted molar refractivity (Wildman–Crippen MR) is 179 cm³/mol. The third kappa shape index (κ3) is 8.37. The highest BCUT2D eigenvalue weighted by Gasteiger charge is 2.35. The summed E-state index contributed by atoms with van der Waals surface area (Å²) in [5.74, 6) is -0.244. The van der Waals surface area contributed by atoms with Gasteiger partial charge in [0.25, 0.3) is 10.0 Å². The lowest BCUT2D eigenvalue weighted by Gasteiger charge is -2.33. The van der Waals surface area contributed by atoms with Gasteiger partial charge in [-0.1, -0.05) is 54.6 Å². The molecule has 0 saturated heterocycles. The van der Waals surface area contributed by atoms with Gasteiger partial charge in [0.2, 0.25) is 11.8 Å². The summed E-state index contributed by atoms with van der Waals surface area (Å²) < 4.78 is 45.8. The number of amides is 2. The van der Waals surface area contributed by atoms with Crippen LogP contribution in [0.25, 0.3) is 0 Å². The standard InChI is InChI=1S/C33H39Cl2N3O7S/c1-22(33(40)36-26-8-6-5-7-9-26)37(20-23-10-12-24(34)13-11-23)32(39)21-38(28-18-25(35)14-16-29(28)43-2)46(41,42)27-15-17-30(44-3)31(19-27)45-4/h10-19,22,26H,5-9,20-21H2,1-4H3,(H,36,40). The SMILES string of the molecule is COc1ccc(S(=O)(=O)N(CC(=O)N(Cc2ccc(Cl)cc2)C(C)C(=O)NC2CCCCC2)c2cc(Cl)ccc2OC)cc1OC. The third-order valence-corrected chi connectivity index (χ3v) is 10.3. The van der Waals surface area contributed by atoms with E-state index in [-0.39, 0.29) is 45.6 Å². The Hall–Kier alpha value is -3.67. The average Bonchev–Trinajstić information content (AvgIpc) is 3.06. The number of carbonyl (C=O) groups excluding carboxylic acids is 2. The first-order valence-electron chi connectivity index (χ1n) is 14.9. The smallest absolute Gasteiger partial charge is 0.265 e. The number of nitrogens with one attached hydrogen (secondary N) is 1. The number of carbonyl (C=O) groups is 2. The second-order valence-electron chi connectivity index (χ2n) is 11.0. The molecule has 0 bridgehead atoms. The van der Waals surface area contributed by atoms with Gasteiger partial charge in [-0.2, -0.15) is 0 Å². The molecule has 0 radical (unpaired) electrons. The van der Waals surface area contributed by atoms with E-state index in [9.17, 15) is 18.0 Å². The summed E-state index contributed by atoms with van der Waals surface area (Å²) in [4.78, 5) is 29.1. The van der Waals surface area contributed by atoms with Gasteiger partial charge in [-0.25, -0.2) is 8.42 Å². The number of benzene rings is 3. The van der Waals surface area contributed by atoms with Crippen molar-refractivity contribution in [2.75, 3.05) is 32.2 Å². The number of methoxy groups -OCH3 is 3. The minimum atomic E-state index is -4.44. The molecule has 3 aromatic carbocycles. The van der Waals surface area contributed by atoms with E-state index in [1.165, 1.54) is 56.6 Å². The molecule has 248 valence electrons. The molecule has 1 saturated carbocycles. The van der Waals surface area contributed by atoms with Crippen LogP contribution in [0, 0.1) is 0 Å². The maximum Gasteiger partial charge on any atom is 0.265 e. The van der Waals surface area contributed by atoms with Gasteiger partial charge in [0.1, 0.15) is 18.3 Å². The quantitative estimate of drug-likeness (QED) is 0.231. The van der Waals surface area contributed by atoms with Gasteiger partial charge < -0.3 is 24.4 Å². The number of nitrogens with zero attached hydrogens (tertiary/aromatic N) is 2. The summed E-state index contributed by atoms with van der Waals surface area (Å²) in [6, 6.07) is 14.6. The molecule has 0 aliphatic heterocycles. The van der Waals surface area contributed by atoms with Gasteiger partial charge >= 0.3 is 0 Å². The van der Waals surface area contributed by atoms with Crippen LogP contribution in [0.1, 0.15) is 44.6 Å². The number of hydrogen-bond donors (Lipinski definition) is 1. The van der Waals surface area contributed by atoms with Gasteiger partial charge in [0.05, 0.1) is 31.9 Å². The van der Waals surface area contributed by atoms with Gasteiger partial charge in [-0.15, -0.1) is 0 Å². The lowest BCUT2D eigenvalue weighted by molar-refractivity contribution is -0.139. The molecule has 4 rings (SSSR count). The number of rotatable bonds is 13. The Labute approximate surface area is 280 Å². The molecule has 1 aliphatic rings. The highest BCUT2D eigenvalue weighted by molar-refractivity contribution is 7.92. The number of sulfonamides is 1. The monoisotopic (exact) mass is 691 g/mol. The third-order valence-electron chi connectivity index (χ3n) is 8.02. The summed E-state index contributed by atoms with van der Waals surface area (Å²) in [6.07, 6.45) is 4.92. The molecule has 0 heterocycles. The summed E-state index contributed by atoms with van der Waals surface area (Å²) >= 11 is 12.4. The molecule has 1 fully saturated rings. The Morgan fingerprint density at radius 3 is 2.09 bits per heavy atom. The predicted octanol–water partition coefficient (Wildman–Crippen LogP) is 6.08. The first-order chi connectivity index (χ1) is 22.0. The molecule has 1 aliphatic carbocycles. The zero-order valence-electron chi connectivity index (χ0n) is 26.3. The molecular formula is C33H39Cl2N3O7S. The van der Waals surface area contributed by atoms with Crippen molar-refractivity contribution in [3.05, 3.63) is 76.3 Å². The Balaban J connectivity index is 1.76. The fraction of sp³-hybridized carbons (Fsp3) is 0.394. The van der Waals surface area contributed by atoms with Crippen LogP contribution < -0.4 is 23.8 Å². The first-order valence-corrected chi connectivity index (χ1v) is 17.1. The normalized spacial score (nSPS) is 14.2. The molecule has 46 heavy (non-hydrogen) atoms. The van der Waals surface area contributed by atoms with E-state index in [1.54, 1.807) is 37.3 Å². The maximum absolute atomic E-state index is 14.4. The number of hydrogen-bond acceptors (Lipinski definition) is 7. The number of halogens is 2. The zero-order chi connectivity index (χ0) is 33.4. The van der Waals surface area contributed by atoms with Crippen LogP contribution in [0.4, 0.5) is 5.69 Å². The molecule has 10 nitrogen and oxygen atoms in total. The van der Waals surface area contributed by atoms with E-state index in [0.717, 1.165) is 36.4 Å². The second-order valence-corrected chi connectivity index (χ2v) is 13.7. The summed E-state index contributed by atoms with van der Waals surface area (Å²) in [7, 11) is -0.222. The minimum Gasteiger partial charge on any atom is -0.495 e. The Bertz CT molecular complexity index is 1630. The molecular weight excluding hydrogens is 653 g/mol. The molecule has 0 spiro atoms. The lowest BCUT2D eigenvalue weighted by atomic mass is 9.95. The van der Waals surface area contributed by atoms with Crippen molar-refractivity contribution < 1.29 is 32.2 Å². The van der Waals surface area contributed by atoms with E-state index in [2.05, 4.69) is 5.32 Å². The molecule has 13 heteroatoms. The Morgan fingerprint density at radius 1 is 0.848 bits per heavy atom. The van der Waals surface area contributed by atoms with Crippen LogP contribution in [0.5, 0.6) is 17.2 Å². The lowest BCUT2D eigenvalue weighted by Crippen LogP contribution is -2.53. The number of anilines is 1. The van der Waals surface area contributed by atoms with Crippen molar-refractivity contribution in [2.24, 2.45) is 0 Å². The van der Waals surface area contributed by atoms with Crippen LogP contribution in [-0.4, -0.2) is 65.1 Å². The van der Waals surface area contributed by atoms with Gasteiger partial charge in [-0.3, -0.25) is 13.9 Å². The largest absolute Gasteiger partial charge is 0.495 e. The first kappa shape index (κ1) is 35.2. The van der Waals surface area contributed by atoms with E-state index in [4.69, 9.17) is 37.4 Å². The maximum atomic E-state index is 14.4. The van der Waals surface area contributed by atoms with Crippen LogP contribution in [0.3, 0.4) is 0 Å². The molecule has 1 unspecified atom stereocenters. The zero-order valence-corrected chi connectivity index (χ0v) is 28.6. The van der Waals surface area contributed by atoms with Crippen molar-refractivity contribution in [1.82, 2.24) is 10.2 Å². The van der Waals surface area contributed by atoms with Crippen LogP contribution in [-0.2, 0) is 26.2 Å². The minimum absolute atomic E-state index is 0.0221. The topological polar surface area (TPSA) is 114 Å². The van der Waals surface area contributed by atoms with Crippen LogP contribution in [0.15, 0.2) is 65.6 Å². The van der Waals surface area contributed by atoms with Crippen molar-refractivity contribution in [3.8, 4) is 17.2 Å².